The van der Waals surface area contributed by atoms with Crippen molar-refractivity contribution in [2.75, 3.05) is 19.6 Å². The average molecular weight is 240 g/mol. The summed E-state index contributed by atoms with van der Waals surface area (Å²) in [6.45, 7) is 13.1. The molecular weight excluding hydrogens is 208 g/mol. The van der Waals surface area contributed by atoms with Crippen molar-refractivity contribution >= 4 is 0 Å². The molecule has 0 aromatic rings. The van der Waals surface area contributed by atoms with E-state index in [9.17, 15) is 0 Å². The second-order valence-corrected chi connectivity index (χ2v) is 6.30. The Morgan fingerprint density at radius 1 is 0.882 bits per heavy atom. The lowest BCUT2D eigenvalue weighted by molar-refractivity contribution is 0.203. The third-order valence-electron chi connectivity index (χ3n) is 3.73. The van der Waals surface area contributed by atoms with Gasteiger partial charge in [0.25, 0.3) is 0 Å². The summed E-state index contributed by atoms with van der Waals surface area (Å²) in [5, 5.41) is 3.74. The lowest BCUT2D eigenvalue weighted by Gasteiger charge is -2.30. The Kier molecular flexibility index (Phi) is 7.14. The van der Waals surface area contributed by atoms with Gasteiger partial charge in [0.2, 0.25) is 0 Å². The molecule has 1 N–H and O–H groups in total. The fourth-order valence-corrected chi connectivity index (χ4v) is 2.73. The van der Waals surface area contributed by atoms with Gasteiger partial charge in [-0.05, 0) is 58.5 Å². The summed E-state index contributed by atoms with van der Waals surface area (Å²) in [4.78, 5) is 2.62. The van der Waals surface area contributed by atoms with Crippen LogP contribution in [0, 0.1) is 5.92 Å². The Balaban J connectivity index is 2.12. The minimum absolute atomic E-state index is 0.635. The van der Waals surface area contributed by atoms with E-state index in [-0.39, 0.29) is 0 Å². The van der Waals surface area contributed by atoms with Crippen molar-refractivity contribution in [2.45, 2.75) is 71.9 Å². The molecule has 0 aromatic carbocycles. The van der Waals surface area contributed by atoms with Gasteiger partial charge in [-0.2, -0.15) is 0 Å². The van der Waals surface area contributed by atoms with E-state index in [1.165, 1.54) is 51.7 Å². The molecule has 17 heavy (non-hydrogen) atoms. The van der Waals surface area contributed by atoms with E-state index < -0.39 is 0 Å². The van der Waals surface area contributed by atoms with Crippen molar-refractivity contribution < 1.29 is 0 Å². The van der Waals surface area contributed by atoms with Gasteiger partial charge >= 0.3 is 0 Å². The lowest BCUT2D eigenvalue weighted by atomic mass is 10.0. The Morgan fingerprint density at radius 2 is 1.53 bits per heavy atom. The van der Waals surface area contributed by atoms with E-state index in [2.05, 4.69) is 37.9 Å². The molecule has 0 amide bonds. The molecule has 0 radical (unpaired) electrons. The van der Waals surface area contributed by atoms with E-state index in [0.29, 0.717) is 12.1 Å². The van der Waals surface area contributed by atoms with Crippen LogP contribution in [0.4, 0.5) is 0 Å². The average Bonchev–Trinajstić information content (AvgIpc) is 2.27. The van der Waals surface area contributed by atoms with Crippen LogP contribution in [0.15, 0.2) is 0 Å². The molecule has 102 valence electrons. The highest BCUT2D eigenvalue weighted by atomic mass is 15.2. The molecule has 2 nitrogen and oxygen atoms in total. The molecule has 1 saturated heterocycles. The molecule has 1 heterocycles. The highest BCUT2D eigenvalue weighted by molar-refractivity contribution is 4.74. The van der Waals surface area contributed by atoms with Gasteiger partial charge in [-0.1, -0.05) is 20.3 Å². The molecule has 2 heteroatoms. The van der Waals surface area contributed by atoms with Crippen molar-refractivity contribution in [2.24, 2.45) is 5.92 Å². The first-order chi connectivity index (χ1) is 8.08. The maximum atomic E-state index is 3.74. The number of rotatable bonds is 7. The molecule has 1 aliphatic heterocycles. The molecule has 0 aliphatic carbocycles. The Morgan fingerprint density at radius 3 is 2.12 bits per heavy atom. The monoisotopic (exact) mass is 240 g/mol. The van der Waals surface area contributed by atoms with Crippen LogP contribution < -0.4 is 5.32 Å². The fraction of sp³-hybridized carbons (Fsp3) is 1.00. The van der Waals surface area contributed by atoms with Crippen LogP contribution >= 0.6 is 0 Å². The van der Waals surface area contributed by atoms with E-state index >= 15 is 0 Å². The maximum Gasteiger partial charge on any atom is 0.0169 e. The zero-order valence-corrected chi connectivity index (χ0v) is 12.3. The van der Waals surface area contributed by atoms with Crippen LogP contribution in [-0.4, -0.2) is 36.6 Å². The number of hydrogen-bond acceptors (Lipinski definition) is 2. The summed E-state index contributed by atoms with van der Waals surface area (Å²) in [6, 6.07) is 1.30. The van der Waals surface area contributed by atoms with Gasteiger partial charge in [0.1, 0.15) is 0 Å². The number of nitrogens with one attached hydrogen (secondary N) is 1. The van der Waals surface area contributed by atoms with E-state index in [1.807, 2.05) is 0 Å². The molecular formula is C15H32N2. The summed E-state index contributed by atoms with van der Waals surface area (Å²) in [5.74, 6) is 0.830. The van der Waals surface area contributed by atoms with Crippen molar-refractivity contribution in [3.63, 3.8) is 0 Å². The number of hydrogen-bond donors (Lipinski definition) is 1. The summed E-state index contributed by atoms with van der Waals surface area (Å²) < 4.78 is 0. The van der Waals surface area contributed by atoms with Gasteiger partial charge < -0.3 is 10.2 Å². The normalized spacial score (nSPS) is 21.7. The zero-order chi connectivity index (χ0) is 12.7. The first-order valence-corrected chi connectivity index (χ1v) is 7.56. The van der Waals surface area contributed by atoms with Crippen LogP contribution in [-0.2, 0) is 0 Å². The summed E-state index contributed by atoms with van der Waals surface area (Å²) in [7, 11) is 0. The van der Waals surface area contributed by atoms with E-state index in [4.69, 9.17) is 0 Å². The van der Waals surface area contributed by atoms with Crippen molar-refractivity contribution in [1.82, 2.24) is 10.2 Å². The first kappa shape index (κ1) is 15.0. The predicted molar refractivity (Wildman–Crippen MR) is 76.4 cm³/mol. The minimum atomic E-state index is 0.635. The van der Waals surface area contributed by atoms with Gasteiger partial charge in [0, 0.05) is 18.6 Å². The molecule has 0 aromatic heterocycles. The lowest BCUT2D eigenvalue weighted by Crippen LogP contribution is -2.44. The summed E-state index contributed by atoms with van der Waals surface area (Å²) in [6.07, 6.45) is 6.88. The second kappa shape index (κ2) is 8.10. The van der Waals surface area contributed by atoms with Crippen molar-refractivity contribution in [3.8, 4) is 0 Å². The van der Waals surface area contributed by atoms with Crippen LogP contribution in [0.3, 0.4) is 0 Å². The van der Waals surface area contributed by atoms with Crippen LogP contribution in [0.5, 0.6) is 0 Å². The molecule has 0 spiro atoms. The molecule has 2 atom stereocenters. The second-order valence-electron chi connectivity index (χ2n) is 6.30. The first-order valence-electron chi connectivity index (χ1n) is 7.56. The minimum Gasteiger partial charge on any atom is -0.311 e. The molecule has 0 saturated carbocycles. The topological polar surface area (TPSA) is 15.3 Å². The van der Waals surface area contributed by atoms with Crippen LogP contribution in [0.1, 0.15) is 59.8 Å². The largest absolute Gasteiger partial charge is 0.311 e. The molecule has 0 bridgehead atoms. The number of nitrogens with zero attached hydrogens (tertiary/aromatic N) is 1. The van der Waals surface area contributed by atoms with Gasteiger partial charge in [0.05, 0.1) is 0 Å². The molecule has 1 rings (SSSR count). The molecule has 2 unspecified atom stereocenters. The molecule has 1 aliphatic rings. The SMILES string of the molecule is CC(C)CCC(C)NC(C)CN1CCCCC1. The number of piperidine rings is 1. The Labute approximate surface area is 108 Å². The van der Waals surface area contributed by atoms with E-state index in [1.54, 1.807) is 0 Å². The summed E-state index contributed by atoms with van der Waals surface area (Å²) in [5.41, 5.74) is 0. The third kappa shape index (κ3) is 7.05. The van der Waals surface area contributed by atoms with Crippen LogP contribution in [0.25, 0.3) is 0 Å². The molecule has 1 fully saturated rings. The Bertz CT molecular complexity index is 185. The van der Waals surface area contributed by atoms with Crippen molar-refractivity contribution in [3.05, 3.63) is 0 Å². The number of likely N-dealkylation sites (tertiary alicyclic amines) is 1. The fourth-order valence-electron chi connectivity index (χ4n) is 2.73. The van der Waals surface area contributed by atoms with Gasteiger partial charge in [0.15, 0.2) is 0 Å². The highest BCUT2D eigenvalue weighted by Crippen LogP contribution is 2.10. The van der Waals surface area contributed by atoms with Crippen molar-refractivity contribution in [1.29, 1.82) is 0 Å². The highest BCUT2D eigenvalue weighted by Gasteiger charge is 2.14. The van der Waals surface area contributed by atoms with E-state index in [0.717, 1.165) is 5.92 Å². The van der Waals surface area contributed by atoms with Crippen LogP contribution in [0.2, 0.25) is 0 Å². The standard InChI is InChI=1S/C15H32N2/c1-13(2)8-9-14(3)16-15(4)12-17-10-6-5-7-11-17/h13-16H,5-12H2,1-4H3. The Hall–Kier alpha value is -0.0800. The predicted octanol–water partition coefficient (Wildman–Crippen LogP) is 3.28. The van der Waals surface area contributed by atoms with Gasteiger partial charge in [-0.15, -0.1) is 0 Å². The third-order valence-corrected chi connectivity index (χ3v) is 3.73. The van der Waals surface area contributed by atoms with Gasteiger partial charge in [-0.3, -0.25) is 0 Å². The maximum absolute atomic E-state index is 3.74. The smallest absolute Gasteiger partial charge is 0.0169 e. The zero-order valence-electron chi connectivity index (χ0n) is 12.3. The summed E-state index contributed by atoms with van der Waals surface area (Å²) >= 11 is 0. The quantitative estimate of drug-likeness (QED) is 0.735. The van der Waals surface area contributed by atoms with Gasteiger partial charge in [-0.25, -0.2) is 0 Å².